The van der Waals surface area contributed by atoms with Crippen molar-refractivity contribution in [3.63, 3.8) is 0 Å². The number of nitrogens with one attached hydrogen (secondary N) is 1. The van der Waals surface area contributed by atoms with E-state index in [0.717, 1.165) is 32.5 Å². The van der Waals surface area contributed by atoms with Gasteiger partial charge in [-0.05, 0) is 43.9 Å². The maximum Gasteiger partial charge on any atom is 0.222 e. The fourth-order valence-electron chi connectivity index (χ4n) is 2.95. The molecule has 0 spiro atoms. The van der Waals surface area contributed by atoms with Gasteiger partial charge in [-0.2, -0.15) is 0 Å². The highest BCUT2D eigenvalue weighted by atomic mass is 16.2. The van der Waals surface area contributed by atoms with Gasteiger partial charge in [0.15, 0.2) is 0 Å². The Hall–Kier alpha value is -1.35. The minimum Gasteiger partial charge on any atom is -0.341 e. The number of carbonyl (C=O) groups is 1. The van der Waals surface area contributed by atoms with Gasteiger partial charge in [-0.1, -0.05) is 31.2 Å². The number of benzene rings is 1. The van der Waals surface area contributed by atoms with Crippen LogP contribution in [0.3, 0.4) is 0 Å². The summed E-state index contributed by atoms with van der Waals surface area (Å²) in [6.45, 7) is 7.02. The van der Waals surface area contributed by atoms with E-state index in [1.54, 1.807) is 0 Å². The highest BCUT2D eigenvalue weighted by Gasteiger charge is 2.22. The van der Waals surface area contributed by atoms with Crippen LogP contribution in [-0.2, 0) is 11.2 Å². The molecule has 0 aliphatic carbocycles. The van der Waals surface area contributed by atoms with Gasteiger partial charge >= 0.3 is 0 Å². The molecule has 20 heavy (non-hydrogen) atoms. The van der Waals surface area contributed by atoms with Crippen molar-refractivity contribution in [2.75, 3.05) is 19.6 Å². The molecule has 1 aliphatic heterocycles. The lowest BCUT2D eigenvalue weighted by Crippen LogP contribution is -2.48. The zero-order valence-electron chi connectivity index (χ0n) is 12.7. The summed E-state index contributed by atoms with van der Waals surface area (Å²) in [4.78, 5) is 14.4. The monoisotopic (exact) mass is 274 g/mol. The first-order valence-electron chi connectivity index (χ1n) is 7.76. The lowest BCUT2D eigenvalue weighted by molar-refractivity contribution is -0.132. The molecule has 0 saturated carbocycles. The largest absolute Gasteiger partial charge is 0.341 e. The van der Waals surface area contributed by atoms with Crippen molar-refractivity contribution in [2.24, 2.45) is 0 Å². The first-order chi connectivity index (χ1) is 9.70. The summed E-state index contributed by atoms with van der Waals surface area (Å²) in [6, 6.07) is 8.82. The van der Waals surface area contributed by atoms with Crippen molar-refractivity contribution in [3.05, 3.63) is 35.4 Å². The van der Waals surface area contributed by atoms with Crippen LogP contribution in [-0.4, -0.2) is 36.5 Å². The molecular weight excluding hydrogens is 248 g/mol. The highest BCUT2D eigenvalue weighted by Crippen LogP contribution is 2.14. The third-order valence-corrected chi connectivity index (χ3v) is 4.14. The van der Waals surface area contributed by atoms with E-state index < -0.39 is 0 Å². The Morgan fingerprint density at radius 2 is 2.20 bits per heavy atom. The molecule has 0 bridgehead atoms. The molecule has 1 amide bonds. The summed E-state index contributed by atoms with van der Waals surface area (Å²) in [7, 11) is 0. The summed E-state index contributed by atoms with van der Waals surface area (Å²) in [5.41, 5.74) is 2.57. The fraction of sp³-hybridized carbons (Fsp3) is 0.588. The number of rotatable bonds is 5. The van der Waals surface area contributed by atoms with E-state index in [-0.39, 0.29) is 0 Å². The average molecular weight is 274 g/mol. The van der Waals surface area contributed by atoms with Crippen molar-refractivity contribution >= 4 is 5.91 Å². The van der Waals surface area contributed by atoms with Crippen LogP contribution in [0.5, 0.6) is 0 Å². The molecule has 1 aliphatic rings. The second-order valence-corrected chi connectivity index (χ2v) is 5.66. The van der Waals surface area contributed by atoms with Crippen LogP contribution in [0, 0.1) is 6.92 Å². The third kappa shape index (κ3) is 4.07. The van der Waals surface area contributed by atoms with Crippen molar-refractivity contribution in [1.82, 2.24) is 10.2 Å². The van der Waals surface area contributed by atoms with Crippen LogP contribution in [0.2, 0.25) is 0 Å². The first kappa shape index (κ1) is 15.0. The third-order valence-electron chi connectivity index (χ3n) is 4.14. The van der Waals surface area contributed by atoms with Crippen molar-refractivity contribution in [2.45, 2.75) is 45.6 Å². The minimum atomic E-state index is 0.302. The maximum atomic E-state index is 12.3. The van der Waals surface area contributed by atoms with Gasteiger partial charge in [0.2, 0.25) is 5.91 Å². The molecule has 0 radical (unpaired) electrons. The Bertz CT molecular complexity index is 442. The van der Waals surface area contributed by atoms with Gasteiger partial charge in [0.1, 0.15) is 0 Å². The molecule has 1 N–H and O–H groups in total. The summed E-state index contributed by atoms with van der Waals surface area (Å²) in [5.74, 6) is 0.302. The molecule has 110 valence electrons. The summed E-state index contributed by atoms with van der Waals surface area (Å²) in [6.07, 6.45) is 3.79. The van der Waals surface area contributed by atoms with Gasteiger partial charge in [-0.3, -0.25) is 4.79 Å². The first-order valence-corrected chi connectivity index (χ1v) is 7.76. The van der Waals surface area contributed by atoms with Gasteiger partial charge in [-0.15, -0.1) is 0 Å². The molecule has 1 aromatic rings. The van der Waals surface area contributed by atoms with Crippen LogP contribution in [0.1, 0.15) is 37.3 Å². The van der Waals surface area contributed by atoms with Gasteiger partial charge in [0.25, 0.3) is 0 Å². The standard InChI is InChI=1S/C17H26N2O/c1-3-18-16-9-6-12-19(13-16)17(20)11-10-15-8-5-4-7-14(15)2/h4-5,7-8,16,18H,3,6,9-13H2,1-2H3. The molecule has 1 heterocycles. The molecule has 1 unspecified atom stereocenters. The second kappa shape index (κ2) is 7.44. The molecule has 2 rings (SSSR count). The molecule has 3 heteroatoms. The lowest BCUT2D eigenvalue weighted by atomic mass is 10.0. The zero-order valence-corrected chi connectivity index (χ0v) is 12.7. The number of likely N-dealkylation sites (tertiary alicyclic amines) is 1. The van der Waals surface area contributed by atoms with E-state index in [1.165, 1.54) is 17.5 Å². The topological polar surface area (TPSA) is 32.3 Å². The molecule has 3 nitrogen and oxygen atoms in total. The van der Waals surface area contributed by atoms with E-state index in [1.807, 2.05) is 11.0 Å². The molecule has 1 atom stereocenters. The Balaban J connectivity index is 1.84. The average Bonchev–Trinajstić information content (AvgIpc) is 2.47. The van der Waals surface area contributed by atoms with E-state index >= 15 is 0 Å². The quantitative estimate of drug-likeness (QED) is 0.895. The Kier molecular flexibility index (Phi) is 5.60. The molecule has 1 saturated heterocycles. The van der Waals surface area contributed by atoms with E-state index in [2.05, 4.69) is 37.4 Å². The second-order valence-electron chi connectivity index (χ2n) is 5.66. The highest BCUT2D eigenvalue weighted by molar-refractivity contribution is 5.76. The predicted octanol–water partition coefficient (Wildman–Crippen LogP) is 2.53. The number of nitrogens with zero attached hydrogens (tertiary/aromatic N) is 1. The van der Waals surface area contributed by atoms with Crippen LogP contribution in [0.4, 0.5) is 0 Å². The Morgan fingerprint density at radius 1 is 1.40 bits per heavy atom. The van der Waals surface area contributed by atoms with Crippen LogP contribution in [0.15, 0.2) is 24.3 Å². The summed E-state index contributed by atoms with van der Waals surface area (Å²) in [5, 5.41) is 3.46. The molecule has 1 fully saturated rings. The van der Waals surface area contributed by atoms with Gasteiger partial charge in [0.05, 0.1) is 0 Å². The van der Waals surface area contributed by atoms with E-state index in [9.17, 15) is 4.79 Å². The molecule has 1 aromatic carbocycles. The van der Waals surface area contributed by atoms with Crippen LogP contribution < -0.4 is 5.32 Å². The maximum absolute atomic E-state index is 12.3. The van der Waals surface area contributed by atoms with Crippen LogP contribution >= 0.6 is 0 Å². The van der Waals surface area contributed by atoms with Gasteiger partial charge in [-0.25, -0.2) is 0 Å². The minimum absolute atomic E-state index is 0.302. The smallest absolute Gasteiger partial charge is 0.222 e. The lowest BCUT2D eigenvalue weighted by Gasteiger charge is -2.33. The SMILES string of the molecule is CCNC1CCCN(C(=O)CCc2ccccc2C)C1. The van der Waals surface area contributed by atoms with Gasteiger partial charge < -0.3 is 10.2 Å². The summed E-state index contributed by atoms with van der Waals surface area (Å²) < 4.78 is 0. The van der Waals surface area contributed by atoms with Crippen LogP contribution in [0.25, 0.3) is 0 Å². The molecular formula is C17H26N2O. The number of likely N-dealkylation sites (N-methyl/N-ethyl adjacent to an activating group) is 1. The fourth-order valence-corrected chi connectivity index (χ4v) is 2.95. The Morgan fingerprint density at radius 3 is 2.95 bits per heavy atom. The normalized spacial score (nSPS) is 19.1. The molecule has 0 aromatic heterocycles. The van der Waals surface area contributed by atoms with Crippen molar-refractivity contribution < 1.29 is 4.79 Å². The van der Waals surface area contributed by atoms with Crippen molar-refractivity contribution in [3.8, 4) is 0 Å². The number of piperidine rings is 1. The number of amides is 1. The number of hydrogen-bond donors (Lipinski definition) is 1. The number of aryl methyl sites for hydroxylation is 2. The van der Waals surface area contributed by atoms with E-state index in [0.29, 0.717) is 18.4 Å². The van der Waals surface area contributed by atoms with Gasteiger partial charge in [0, 0.05) is 25.6 Å². The zero-order chi connectivity index (χ0) is 14.4. The number of carbonyl (C=O) groups excluding carboxylic acids is 1. The summed E-state index contributed by atoms with van der Waals surface area (Å²) >= 11 is 0. The predicted molar refractivity (Wildman–Crippen MR) is 82.8 cm³/mol. The van der Waals surface area contributed by atoms with Crippen molar-refractivity contribution in [1.29, 1.82) is 0 Å². The Labute approximate surface area is 122 Å². The van der Waals surface area contributed by atoms with E-state index in [4.69, 9.17) is 0 Å². The number of hydrogen-bond acceptors (Lipinski definition) is 2.